The van der Waals surface area contributed by atoms with Gasteiger partial charge in [0.1, 0.15) is 5.01 Å². The monoisotopic (exact) mass is 313 g/mol. The van der Waals surface area contributed by atoms with Crippen LogP contribution in [0.3, 0.4) is 0 Å². The van der Waals surface area contributed by atoms with Crippen molar-refractivity contribution in [3.05, 3.63) is 16.6 Å². The van der Waals surface area contributed by atoms with Crippen LogP contribution in [0.5, 0.6) is 0 Å². The van der Waals surface area contributed by atoms with Gasteiger partial charge in [-0.05, 0) is 12.8 Å². The van der Waals surface area contributed by atoms with E-state index in [0.717, 1.165) is 24.3 Å². The van der Waals surface area contributed by atoms with E-state index < -0.39 is 6.04 Å². The summed E-state index contributed by atoms with van der Waals surface area (Å²) in [5.41, 5.74) is 5.76. The van der Waals surface area contributed by atoms with Gasteiger partial charge >= 0.3 is 0 Å². The molecule has 2 unspecified atom stereocenters. The molecule has 1 heterocycles. The Morgan fingerprint density at radius 3 is 2.61 bits per heavy atom. The summed E-state index contributed by atoms with van der Waals surface area (Å²) in [6.45, 7) is 4.04. The van der Waals surface area contributed by atoms with Crippen LogP contribution >= 0.6 is 36.2 Å². The van der Waals surface area contributed by atoms with Crippen LogP contribution in [-0.2, 0) is 4.79 Å². The first-order chi connectivity index (χ1) is 7.69. The SMILES string of the molecule is CCCC(N)C(=O)NC(CC)c1nccs1.Cl.Cl. The molecule has 2 atom stereocenters. The molecule has 4 nitrogen and oxygen atoms in total. The molecular weight excluding hydrogens is 293 g/mol. The summed E-state index contributed by atoms with van der Waals surface area (Å²) in [6.07, 6.45) is 4.22. The Labute approximate surface area is 125 Å². The van der Waals surface area contributed by atoms with E-state index in [1.165, 1.54) is 0 Å². The van der Waals surface area contributed by atoms with E-state index in [1.54, 1.807) is 17.5 Å². The molecule has 1 aromatic heterocycles. The molecule has 0 fully saturated rings. The molecule has 1 rings (SSSR count). The van der Waals surface area contributed by atoms with Gasteiger partial charge in [0, 0.05) is 11.6 Å². The summed E-state index contributed by atoms with van der Waals surface area (Å²) in [4.78, 5) is 15.9. The van der Waals surface area contributed by atoms with E-state index in [9.17, 15) is 4.79 Å². The molecule has 0 saturated carbocycles. The van der Waals surface area contributed by atoms with Gasteiger partial charge in [0.15, 0.2) is 0 Å². The number of halogens is 2. The van der Waals surface area contributed by atoms with Crippen LogP contribution in [0.4, 0.5) is 0 Å². The molecule has 0 radical (unpaired) electrons. The molecule has 0 aliphatic heterocycles. The van der Waals surface area contributed by atoms with E-state index in [-0.39, 0.29) is 36.8 Å². The zero-order chi connectivity index (χ0) is 12.0. The van der Waals surface area contributed by atoms with Crippen molar-refractivity contribution in [1.29, 1.82) is 0 Å². The topological polar surface area (TPSA) is 68.0 Å². The number of nitrogens with two attached hydrogens (primary N) is 1. The van der Waals surface area contributed by atoms with Crippen LogP contribution in [0.25, 0.3) is 0 Å². The number of aromatic nitrogens is 1. The second-order valence-electron chi connectivity index (χ2n) is 3.73. The maximum atomic E-state index is 11.7. The minimum Gasteiger partial charge on any atom is -0.346 e. The normalized spacial score (nSPS) is 12.8. The lowest BCUT2D eigenvalue weighted by Gasteiger charge is -2.17. The summed E-state index contributed by atoms with van der Waals surface area (Å²) in [5, 5.41) is 5.79. The van der Waals surface area contributed by atoms with Crippen LogP contribution in [-0.4, -0.2) is 16.9 Å². The minimum absolute atomic E-state index is 0. The van der Waals surface area contributed by atoms with Crippen LogP contribution < -0.4 is 11.1 Å². The van der Waals surface area contributed by atoms with E-state index in [2.05, 4.69) is 10.3 Å². The fourth-order valence-corrected chi connectivity index (χ4v) is 2.24. The molecule has 0 spiro atoms. The van der Waals surface area contributed by atoms with Gasteiger partial charge in [0.25, 0.3) is 0 Å². The van der Waals surface area contributed by atoms with Crippen LogP contribution in [0, 0.1) is 0 Å². The first-order valence-electron chi connectivity index (χ1n) is 5.64. The van der Waals surface area contributed by atoms with Crippen molar-refractivity contribution in [3.63, 3.8) is 0 Å². The van der Waals surface area contributed by atoms with Gasteiger partial charge in [-0.25, -0.2) is 4.98 Å². The number of amides is 1. The zero-order valence-corrected chi connectivity index (χ0v) is 13.0. The van der Waals surface area contributed by atoms with Crippen molar-refractivity contribution in [2.75, 3.05) is 0 Å². The molecule has 7 heteroatoms. The maximum absolute atomic E-state index is 11.7. The number of thiazole rings is 1. The predicted octanol–water partition coefficient (Wildman–Crippen LogP) is 2.68. The summed E-state index contributed by atoms with van der Waals surface area (Å²) >= 11 is 1.56. The number of hydrogen-bond acceptors (Lipinski definition) is 4. The van der Waals surface area contributed by atoms with Gasteiger partial charge < -0.3 is 11.1 Å². The van der Waals surface area contributed by atoms with Crippen molar-refractivity contribution in [2.45, 2.75) is 45.2 Å². The number of rotatable bonds is 6. The van der Waals surface area contributed by atoms with E-state index in [0.29, 0.717) is 0 Å². The minimum atomic E-state index is -0.404. The van der Waals surface area contributed by atoms with Gasteiger partial charge in [-0.15, -0.1) is 36.2 Å². The first kappa shape index (κ1) is 20.0. The van der Waals surface area contributed by atoms with Crippen molar-refractivity contribution in [1.82, 2.24) is 10.3 Å². The Balaban J connectivity index is 0. The number of hydrogen-bond donors (Lipinski definition) is 2. The second-order valence-corrected chi connectivity index (χ2v) is 4.66. The number of carbonyl (C=O) groups excluding carboxylic acids is 1. The molecule has 0 saturated heterocycles. The first-order valence-corrected chi connectivity index (χ1v) is 6.52. The van der Waals surface area contributed by atoms with Crippen molar-refractivity contribution < 1.29 is 4.79 Å². The molecule has 1 aromatic rings. The zero-order valence-electron chi connectivity index (χ0n) is 10.6. The Hall–Kier alpha value is -0.360. The molecule has 0 aliphatic carbocycles. The summed E-state index contributed by atoms with van der Waals surface area (Å²) < 4.78 is 0. The molecule has 3 N–H and O–H groups in total. The van der Waals surface area contributed by atoms with E-state index in [1.807, 2.05) is 19.2 Å². The van der Waals surface area contributed by atoms with Crippen molar-refractivity contribution in [3.8, 4) is 0 Å². The molecular formula is C11H21Cl2N3OS. The number of nitrogens with one attached hydrogen (secondary N) is 1. The van der Waals surface area contributed by atoms with E-state index >= 15 is 0 Å². The highest BCUT2D eigenvalue weighted by Crippen LogP contribution is 2.18. The Kier molecular flexibility index (Phi) is 11.7. The van der Waals surface area contributed by atoms with Gasteiger partial charge in [-0.3, -0.25) is 4.79 Å². The molecule has 18 heavy (non-hydrogen) atoms. The third-order valence-electron chi connectivity index (χ3n) is 2.41. The largest absolute Gasteiger partial charge is 0.346 e. The summed E-state index contributed by atoms with van der Waals surface area (Å²) in [5.74, 6) is -0.0797. The molecule has 0 bridgehead atoms. The average molecular weight is 314 g/mol. The van der Waals surface area contributed by atoms with Gasteiger partial charge in [0.2, 0.25) is 5.91 Å². The predicted molar refractivity (Wildman–Crippen MR) is 80.7 cm³/mol. The van der Waals surface area contributed by atoms with Crippen molar-refractivity contribution >= 4 is 42.1 Å². The van der Waals surface area contributed by atoms with Crippen LogP contribution in [0.1, 0.15) is 44.2 Å². The van der Waals surface area contributed by atoms with Gasteiger partial charge in [-0.1, -0.05) is 20.3 Å². The fourth-order valence-electron chi connectivity index (χ4n) is 1.47. The standard InChI is InChI=1S/C11H19N3OS.2ClH/c1-3-5-8(12)10(15)14-9(4-2)11-13-6-7-16-11;;/h6-9H,3-5,12H2,1-2H3,(H,14,15);2*1H. The third-order valence-corrected chi connectivity index (χ3v) is 3.30. The highest BCUT2D eigenvalue weighted by atomic mass is 35.5. The Bertz CT molecular complexity index is 322. The Morgan fingerprint density at radius 2 is 2.17 bits per heavy atom. The maximum Gasteiger partial charge on any atom is 0.237 e. The highest BCUT2D eigenvalue weighted by Gasteiger charge is 2.18. The third kappa shape index (κ3) is 6.00. The highest BCUT2D eigenvalue weighted by molar-refractivity contribution is 7.09. The van der Waals surface area contributed by atoms with Gasteiger partial charge in [0.05, 0.1) is 12.1 Å². The van der Waals surface area contributed by atoms with E-state index in [4.69, 9.17) is 5.73 Å². The summed E-state index contributed by atoms with van der Waals surface area (Å²) in [6, 6.07) is -0.408. The van der Waals surface area contributed by atoms with Crippen molar-refractivity contribution in [2.24, 2.45) is 5.73 Å². The second kappa shape index (κ2) is 10.6. The molecule has 106 valence electrons. The van der Waals surface area contributed by atoms with Gasteiger partial charge in [-0.2, -0.15) is 0 Å². The number of carbonyl (C=O) groups is 1. The molecule has 0 aliphatic rings. The lowest BCUT2D eigenvalue weighted by atomic mass is 10.1. The average Bonchev–Trinajstić information content (AvgIpc) is 2.79. The molecule has 1 amide bonds. The lowest BCUT2D eigenvalue weighted by Crippen LogP contribution is -2.42. The smallest absolute Gasteiger partial charge is 0.237 e. The number of nitrogens with zero attached hydrogens (tertiary/aromatic N) is 1. The van der Waals surface area contributed by atoms with Crippen LogP contribution in [0.15, 0.2) is 11.6 Å². The molecule has 0 aromatic carbocycles. The fraction of sp³-hybridized carbons (Fsp3) is 0.636. The quantitative estimate of drug-likeness (QED) is 0.848. The van der Waals surface area contributed by atoms with Crippen LogP contribution in [0.2, 0.25) is 0 Å². The lowest BCUT2D eigenvalue weighted by molar-refractivity contribution is -0.123. The summed E-state index contributed by atoms with van der Waals surface area (Å²) in [7, 11) is 0. The Morgan fingerprint density at radius 1 is 1.50 bits per heavy atom.